The Balaban J connectivity index is 1.26. The summed E-state index contributed by atoms with van der Waals surface area (Å²) in [5.74, 6) is 0.520. The number of aromatic hydroxyl groups is 1. The number of pyridine rings is 1. The van der Waals surface area contributed by atoms with Crippen LogP contribution in [0.5, 0.6) is 11.6 Å². The van der Waals surface area contributed by atoms with Crippen molar-refractivity contribution in [3.63, 3.8) is 0 Å². The number of nitrogens with zero attached hydrogens (tertiary/aromatic N) is 4. The van der Waals surface area contributed by atoms with Crippen LogP contribution in [0.25, 0.3) is 0 Å². The van der Waals surface area contributed by atoms with Crippen LogP contribution >= 0.6 is 11.3 Å². The lowest BCUT2D eigenvalue weighted by atomic mass is 9.97. The molecule has 2 amide bonds. The fourth-order valence-corrected chi connectivity index (χ4v) is 5.76. The first kappa shape index (κ1) is 24.1. The van der Waals surface area contributed by atoms with E-state index in [1.807, 2.05) is 6.07 Å². The summed E-state index contributed by atoms with van der Waals surface area (Å²) in [6, 6.07) is 4.74. The Kier molecular flexibility index (Phi) is 7.08. The molecule has 3 N–H and O–H groups in total. The molecule has 1 aliphatic heterocycles. The van der Waals surface area contributed by atoms with Gasteiger partial charge in [-0.15, -0.1) is 11.3 Å². The van der Waals surface area contributed by atoms with Crippen molar-refractivity contribution in [3.05, 3.63) is 46.5 Å². The molecule has 4 heterocycles. The lowest BCUT2D eigenvalue weighted by Gasteiger charge is -2.29. The Morgan fingerprint density at radius 1 is 1.28 bits per heavy atom. The van der Waals surface area contributed by atoms with Gasteiger partial charge in [-0.25, -0.2) is 4.98 Å². The van der Waals surface area contributed by atoms with Gasteiger partial charge in [-0.1, -0.05) is 25.7 Å². The topological polar surface area (TPSA) is 122 Å². The molecule has 0 bridgehead atoms. The second kappa shape index (κ2) is 10.6. The van der Waals surface area contributed by atoms with Crippen molar-refractivity contribution in [2.24, 2.45) is 13.0 Å². The number of carbonyl (C=O) groups is 2. The molecular formula is C25H30N6O4S. The number of hydrogen-bond acceptors (Lipinski definition) is 8. The van der Waals surface area contributed by atoms with E-state index in [9.17, 15) is 14.7 Å². The lowest BCUT2D eigenvalue weighted by Crippen LogP contribution is -2.44. The molecule has 3 aromatic heterocycles. The van der Waals surface area contributed by atoms with Crippen molar-refractivity contribution < 1.29 is 19.4 Å². The maximum Gasteiger partial charge on any atom is 0.262 e. The number of rotatable bonds is 8. The second-order valence-corrected chi connectivity index (χ2v) is 10.5. The highest BCUT2D eigenvalue weighted by Crippen LogP contribution is 2.34. The van der Waals surface area contributed by atoms with Gasteiger partial charge in [0.2, 0.25) is 11.8 Å². The summed E-state index contributed by atoms with van der Waals surface area (Å²) in [5, 5.41) is 19.8. The Bertz CT molecular complexity index is 1230. The summed E-state index contributed by atoms with van der Waals surface area (Å²) >= 11 is 1.39. The summed E-state index contributed by atoms with van der Waals surface area (Å²) < 4.78 is 7.21. The van der Waals surface area contributed by atoms with Crippen LogP contribution in [0.2, 0.25) is 0 Å². The highest BCUT2D eigenvalue weighted by Gasteiger charge is 2.28. The number of aryl methyl sites for hydroxylation is 1. The summed E-state index contributed by atoms with van der Waals surface area (Å²) in [5.41, 5.74) is 1.34. The molecule has 0 saturated heterocycles. The lowest BCUT2D eigenvalue weighted by molar-refractivity contribution is -0.118. The third kappa shape index (κ3) is 5.62. The molecule has 0 unspecified atom stereocenters. The van der Waals surface area contributed by atoms with E-state index in [4.69, 9.17) is 4.74 Å². The maximum atomic E-state index is 13.2. The van der Waals surface area contributed by atoms with Crippen LogP contribution in [0, 0.1) is 5.92 Å². The van der Waals surface area contributed by atoms with Gasteiger partial charge in [0.05, 0.1) is 36.0 Å². The number of carbonyl (C=O) groups excluding carboxylic acids is 2. The van der Waals surface area contributed by atoms with Crippen LogP contribution in [-0.4, -0.2) is 50.9 Å². The van der Waals surface area contributed by atoms with Gasteiger partial charge in [-0.3, -0.25) is 14.3 Å². The maximum absolute atomic E-state index is 13.2. The summed E-state index contributed by atoms with van der Waals surface area (Å²) in [4.78, 5) is 34.0. The average Bonchev–Trinajstić information content (AvgIpc) is 3.62. The number of anilines is 2. The van der Waals surface area contributed by atoms with Crippen LogP contribution in [0.4, 0.5) is 11.4 Å². The molecule has 10 nitrogen and oxygen atoms in total. The van der Waals surface area contributed by atoms with E-state index < -0.39 is 6.04 Å². The molecule has 5 rings (SSSR count). The van der Waals surface area contributed by atoms with E-state index in [0.29, 0.717) is 48.5 Å². The van der Waals surface area contributed by atoms with E-state index in [-0.39, 0.29) is 17.6 Å². The number of fused-ring (bicyclic) bond motifs is 1. The fourth-order valence-electron chi connectivity index (χ4n) is 4.83. The first-order chi connectivity index (χ1) is 17.4. The van der Waals surface area contributed by atoms with Gasteiger partial charge in [0, 0.05) is 24.2 Å². The van der Waals surface area contributed by atoms with E-state index in [2.05, 4.69) is 25.6 Å². The van der Waals surface area contributed by atoms with Gasteiger partial charge in [0.15, 0.2) is 0 Å². The molecule has 2 aliphatic rings. The van der Waals surface area contributed by atoms with Gasteiger partial charge >= 0.3 is 0 Å². The largest absolute Gasteiger partial charge is 0.506 e. The molecule has 1 atom stereocenters. The van der Waals surface area contributed by atoms with Crippen LogP contribution in [0.15, 0.2) is 36.8 Å². The van der Waals surface area contributed by atoms with Crippen LogP contribution in [0.1, 0.15) is 46.7 Å². The molecule has 0 spiro atoms. The van der Waals surface area contributed by atoms with E-state index in [1.54, 1.807) is 36.3 Å². The monoisotopic (exact) mass is 510 g/mol. The minimum Gasteiger partial charge on any atom is -0.506 e. The van der Waals surface area contributed by atoms with E-state index >= 15 is 0 Å². The van der Waals surface area contributed by atoms with Crippen molar-refractivity contribution in [3.8, 4) is 11.6 Å². The number of aromatic nitrogens is 3. The Hall–Kier alpha value is -3.60. The minimum atomic E-state index is -0.619. The second-order valence-electron chi connectivity index (χ2n) is 9.36. The molecule has 0 aromatic carbocycles. The Labute approximate surface area is 213 Å². The number of thiophene rings is 1. The number of amides is 2. The number of nitrogens with one attached hydrogen (secondary N) is 2. The number of ether oxygens (including phenoxy) is 1. The van der Waals surface area contributed by atoms with Gasteiger partial charge in [0.25, 0.3) is 5.91 Å². The van der Waals surface area contributed by atoms with Crippen LogP contribution in [-0.2, 0) is 18.4 Å². The van der Waals surface area contributed by atoms with Crippen molar-refractivity contribution in [2.45, 2.75) is 44.7 Å². The van der Waals surface area contributed by atoms with E-state index in [1.165, 1.54) is 30.4 Å². The highest BCUT2D eigenvalue weighted by atomic mass is 32.1. The van der Waals surface area contributed by atoms with Crippen molar-refractivity contribution in [2.75, 3.05) is 23.4 Å². The van der Waals surface area contributed by atoms with Gasteiger partial charge in [0.1, 0.15) is 24.1 Å². The van der Waals surface area contributed by atoms with Crippen molar-refractivity contribution in [1.29, 1.82) is 0 Å². The molecule has 190 valence electrons. The zero-order valence-corrected chi connectivity index (χ0v) is 21.0. The SMILES string of the molecule is Cn1cc(NC(=O)[C@H](CC2CCCC2)NC(=O)c2ccc(CN3CCOc4ncc(O)cc43)s2)cn1. The van der Waals surface area contributed by atoms with Gasteiger partial charge < -0.3 is 25.4 Å². The average molecular weight is 511 g/mol. The summed E-state index contributed by atoms with van der Waals surface area (Å²) in [6.07, 6.45) is 9.82. The highest BCUT2D eigenvalue weighted by molar-refractivity contribution is 7.14. The molecule has 1 fully saturated rings. The number of hydrogen-bond donors (Lipinski definition) is 3. The molecule has 36 heavy (non-hydrogen) atoms. The smallest absolute Gasteiger partial charge is 0.262 e. The Morgan fingerprint density at radius 3 is 2.89 bits per heavy atom. The third-order valence-corrected chi connectivity index (χ3v) is 7.70. The minimum absolute atomic E-state index is 0.0772. The summed E-state index contributed by atoms with van der Waals surface area (Å²) in [7, 11) is 1.79. The molecule has 0 radical (unpaired) electrons. The molecular weight excluding hydrogens is 480 g/mol. The first-order valence-corrected chi connectivity index (χ1v) is 13.0. The summed E-state index contributed by atoms with van der Waals surface area (Å²) in [6.45, 7) is 1.71. The van der Waals surface area contributed by atoms with Crippen molar-refractivity contribution >= 4 is 34.5 Å². The normalized spacial score (nSPS) is 16.3. The van der Waals surface area contributed by atoms with Gasteiger partial charge in [-0.2, -0.15) is 5.10 Å². The first-order valence-electron chi connectivity index (χ1n) is 12.2. The van der Waals surface area contributed by atoms with E-state index in [0.717, 1.165) is 23.4 Å². The van der Waals surface area contributed by atoms with Crippen LogP contribution < -0.4 is 20.3 Å². The van der Waals surface area contributed by atoms with Gasteiger partial charge in [-0.05, 0) is 24.5 Å². The van der Waals surface area contributed by atoms with Crippen molar-refractivity contribution in [1.82, 2.24) is 20.1 Å². The third-order valence-electron chi connectivity index (χ3n) is 6.63. The molecule has 1 aliphatic carbocycles. The predicted molar refractivity (Wildman–Crippen MR) is 136 cm³/mol. The zero-order valence-electron chi connectivity index (χ0n) is 20.1. The quantitative estimate of drug-likeness (QED) is 0.425. The predicted octanol–water partition coefficient (Wildman–Crippen LogP) is 3.30. The molecule has 1 saturated carbocycles. The fraction of sp³-hybridized carbons (Fsp3) is 0.440. The Morgan fingerprint density at radius 2 is 2.11 bits per heavy atom. The molecule has 3 aromatic rings. The molecule has 11 heteroatoms. The van der Waals surface area contributed by atoms with Crippen LogP contribution in [0.3, 0.4) is 0 Å². The standard InChI is InChI=1S/C25H30N6O4S/c1-30-14-17(12-27-30)28-23(33)20(10-16-4-2-3-5-16)29-24(34)22-7-6-19(36-22)15-31-8-9-35-25-21(31)11-18(32)13-26-25/h6-7,11-14,16,20,32H,2-5,8-10,15H2,1H3,(H,28,33)(H,29,34)/t20-/m0/s1. The zero-order chi connectivity index (χ0) is 25.1.